The number of methoxy groups -OCH3 is 1. The van der Waals surface area contributed by atoms with Crippen molar-refractivity contribution in [3.8, 4) is 5.75 Å². The topological polar surface area (TPSA) is 120 Å². The van der Waals surface area contributed by atoms with Crippen molar-refractivity contribution < 1.29 is 14.5 Å². The molecule has 1 amide bonds. The van der Waals surface area contributed by atoms with Gasteiger partial charge in [-0.3, -0.25) is 24.3 Å². The van der Waals surface area contributed by atoms with Gasteiger partial charge < -0.3 is 4.74 Å². The number of nitro benzene ring substituents is 1. The molecule has 0 aliphatic carbocycles. The highest BCUT2D eigenvalue weighted by Crippen LogP contribution is 2.33. The number of hydrogen-bond donors (Lipinski definition) is 0. The van der Waals surface area contributed by atoms with Gasteiger partial charge in [-0.2, -0.15) is 5.10 Å². The first-order valence-corrected chi connectivity index (χ1v) is 11.2. The number of hydrogen-bond acceptors (Lipinski definition) is 7. The molecule has 1 aliphatic heterocycles. The fraction of sp³-hybridized carbons (Fsp3) is 0.154. The minimum atomic E-state index is -0.550. The zero-order valence-corrected chi connectivity index (χ0v) is 19.3. The number of benzene rings is 3. The summed E-state index contributed by atoms with van der Waals surface area (Å²) in [6, 6.07) is 20.5. The number of amides is 1. The lowest BCUT2D eigenvalue weighted by Gasteiger charge is -2.22. The maximum absolute atomic E-state index is 13.4. The maximum atomic E-state index is 13.4. The lowest BCUT2D eigenvalue weighted by Crippen LogP contribution is -2.34. The zero-order valence-electron chi connectivity index (χ0n) is 19.3. The van der Waals surface area contributed by atoms with Crippen molar-refractivity contribution in [3.05, 3.63) is 111 Å². The highest BCUT2D eigenvalue weighted by Gasteiger charge is 2.33. The van der Waals surface area contributed by atoms with Gasteiger partial charge in [-0.1, -0.05) is 42.5 Å². The minimum absolute atomic E-state index is 0.162. The van der Waals surface area contributed by atoms with Gasteiger partial charge in [0, 0.05) is 18.6 Å². The molecule has 10 heteroatoms. The Bertz CT molecular complexity index is 1550. The molecule has 0 fully saturated rings. The van der Waals surface area contributed by atoms with Gasteiger partial charge in [0.25, 0.3) is 17.2 Å². The van der Waals surface area contributed by atoms with Gasteiger partial charge in [0.05, 0.1) is 41.0 Å². The first kappa shape index (κ1) is 22.9. The lowest BCUT2D eigenvalue weighted by molar-refractivity contribution is -0.384. The summed E-state index contributed by atoms with van der Waals surface area (Å²) in [6.07, 6.45) is 1.74. The molecule has 36 heavy (non-hydrogen) atoms. The molecular weight excluding hydrogens is 462 g/mol. The molecule has 0 saturated heterocycles. The van der Waals surface area contributed by atoms with Crippen molar-refractivity contribution >= 4 is 28.2 Å². The van der Waals surface area contributed by atoms with E-state index in [4.69, 9.17) is 4.74 Å². The van der Waals surface area contributed by atoms with E-state index in [9.17, 15) is 19.7 Å². The number of ether oxygens (including phenoxy) is 1. The predicted molar refractivity (Wildman–Crippen MR) is 133 cm³/mol. The maximum Gasteiger partial charge on any atom is 0.271 e. The third-order valence-corrected chi connectivity index (χ3v) is 6.10. The van der Waals surface area contributed by atoms with E-state index < -0.39 is 10.5 Å². The first-order chi connectivity index (χ1) is 17.4. The zero-order chi connectivity index (χ0) is 25.2. The molecule has 1 atom stereocenters. The summed E-state index contributed by atoms with van der Waals surface area (Å²) in [5.41, 5.74) is 2.13. The Kier molecular flexibility index (Phi) is 5.99. The van der Waals surface area contributed by atoms with Crippen molar-refractivity contribution in [2.75, 3.05) is 7.11 Å². The van der Waals surface area contributed by atoms with Crippen molar-refractivity contribution in [1.82, 2.24) is 14.6 Å². The van der Waals surface area contributed by atoms with E-state index in [0.717, 1.165) is 16.8 Å². The van der Waals surface area contributed by atoms with E-state index in [2.05, 4.69) is 10.1 Å². The molecule has 180 valence electrons. The van der Waals surface area contributed by atoms with Crippen LogP contribution in [-0.2, 0) is 11.3 Å². The second-order valence-electron chi connectivity index (χ2n) is 8.28. The average Bonchev–Trinajstić information content (AvgIpc) is 3.36. The van der Waals surface area contributed by atoms with Crippen LogP contribution in [0.4, 0.5) is 5.69 Å². The van der Waals surface area contributed by atoms with Crippen LogP contribution < -0.4 is 10.3 Å². The Morgan fingerprint density at radius 1 is 1.11 bits per heavy atom. The van der Waals surface area contributed by atoms with Gasteiger partial charge in [-0.25, -0.2) is 9.99 Å². The molecule has 0 spiro atoms. The molecular formula is C26H21N5O5. The van der Waals surface area contributed by atoms with Crippen molar-refractivity contribution in [2.45, 2.75) is 19.0 Å². The van der Waals surface area contributed by atoms with E-state index in [1.807, 2.05) is 54.6 Å². The summed E-state index contributed by atoms with van der Waals surface area (Å²) in [4.78, 5) is 41.1. The summed E-state index contributed by atoms with van der Waals surface area (Å²) in [7, 11) is 1.59. The molecule has 0 N–H and O–H groups in total. The first-order valence-electron chi connectivity index (χ1n) is 11.2. The Morgan fingerprint density at radius 2 is 1.86 bits per heavy atom. The second kappa shape index (κ2) is 9.41. The van der Waals surface area contributed by atoms with Gasteiger partial charge in [-0.15, -0.1) is 0 Å². The minimum Gasteiger partial charge on any atom is -0.497 e. The number of carbonyl (C=O) groups excluding carboxylic acids is 1. The van der Waals surface area contributed by atoms with Gasteiger partial charge in [0.2, 0.25) is 0 Å². The van der Waals surface area contributed by atoms with Crippen LogP contribution in [0, 0.1) is 10.1 Å². The summed E-state index contributed by atoms with van der Waals surface area (Å²) in [5.74, 6) is 0.319. The molecule has 1 aliphatic rings. The number of fused-ring (bicyclic) bond motifs is 1. The molecule has 5 rings (SSSR count). The number of nitrogens with zero attached hydrogens (tertiary/aromatic N) is 5. The predicted octanol–water partition coefficient (Wildman–Crippen LogP) is 3.69. The Balaban J connectivity index is 1.47. The molecule has 4 aromatic rings. The van der Waals surface area contributed by atoms with Gasteiger partial charge in [0.1, 0.15) is 12.3 Å². The fourth-order valence-corrected chi connectivity index (χ4v) is 4.22. The van der Waals surface area contributed by atoms with Gasteiger partial charge >= 0.3 is 0 Å². The SMILES string of the molecule is COc1ccc([C@@H]2CC(c3ccccc3)=NN2C(=O)Cn2cnc3cc([N+](=O)[O-])ccc3c2=O)cc1. The van der Waals surface area contributed by atoms with Crippen LogP contribution in [0.2, 0.25) is 0 Å². The van der Waals surface area contributed by atoms with Crippen molar-refractivity contribution in [2.24, 2.45) is 5.10 Å². The number of hydrazone groups is 1. The normalized spacial score (nSPS) is 15.1. The Hall–Kier alpha value is -4.86. The standard InChI is InChI=1S/C26H21N5O5/c1-36-20-10-7-18(8-11-20)24-14-22(17-5-3-2-4-6-17)28-30(24)25(32)15-29-16-27-23-13-19(31(34)35)9-12-21(23)26(29)33/h2-13,16,24H,14-15H2,1H3/t24-/m0/s1. The Labute approximate surface area is 205 Å². The number of nitro groups is 1. The molecule has 3 aromatic carbocycles. The molecule has 10 nitrogen and oxygen atoms in total. The van der Waals surface area contributed by atoms with Gasteiger partial charge in [0.15, 0.2) is 0 Å². The number of carbonyl (C=O) groups is 1. The number of aromatic nitrogens is 2. The molecule has 0 bridgehead atoms. The van der Waals surface area contributed by atoms with E-state index >= 15 is 0 Å². The highest BCUT2D eigenvalue weighted by molar-refractivity contribution is 6.03. The Morgan fingerprint density at radius 3 is 2.56 bits per heavy atom. The van der Waals surface area contributed by atoms with Gasteiger partial charge in [-0.05, 0) is 29.3 Å². The number of non-ortho nitro benzene ring substituents is 1. The van der Waals surface area contributed by atoms with E-state index in [-0.39, 0.29) is 35.1 Å². The van der Waals surface area contributed by atoms with Crippen LogP contribution in [0.1, 0.15) is 23.6 Å². The average molecular weight is 483 g/mol. The summed E-state index contributed by atoms with van der Waals surface area (Å²) < 4.78 is 6.44. The molecule has 0 radical (unpaired) electrons. The lowest BCUT2D eigenvalue weighted by atomic mass is 9.98. The third-order valence-electron chi connectivity index (χ3n) is 6.10. The van der Waals surface area contributed by atoms with E-state index in [1.54, 1.807) is 7.11 Å². The molecule has 0 saturated carbocycles. The van der Waals surface area contributed by atoms with Crippen LogP contribution in [0.5, 0.6) is 5.75 Å². The molecule has 2 heterocycles. The van der Waals surface area contributed by atoms with Crippen molar-refractivity contribution in [3.63, 3.8) is 0 Å². The van der Waals surface area contributed by atoms with E-state index in [1.165, 1.54) is 34.1 Å². The summed E-state index contributed by atoms with van der Waals surface area (Å²) in [5, 5.41) is 17.3. The van der Waals surface area contributed by atoms with Crippen LogP contribution in [-0.4, -0.2) is 38.2 Å². The molecule has 1 aromatic heterocycles. The van der Waals surface area contributed by atoms with Crippen LogP contribution in [0.3, 0.4) is 0 Å². The van der Waals surface area contributed by atoms with Crippen molar-refractivity contribution in [1.29, 1.82) is 0 Å². The summed E-state index contributed by atoms with van der Waals surface area (Å²) >= 11 is 0. The largest absolute Gasteiger partial charge is 0.497 e. The van der Waals surface area contributed by atoms with Crippen LogP contribution in [0.15, 0.2) is 89.0 Å². The molecule has 0 unspecified atom stereocenters. The van der Waals surface area contributed by atoms with Crippen LogP contribution in [0.25, 0.3) is 10.9 Å². The summed E-state index contributed by atoms with van der Waals surface area (Å²) in [6.45, 7) is -0.281. The van der Waals surface area contributed by atoms with Crippen LogP contribution >= 0.6 is 0 Å². The number of rotatable bonds is 6. The quantitative estimate of drug-likeness (QED) is 0.305. The fourth-order valence-electron chi connectivity index (χ4n) is 4.22. The monoisotopic (exact) mass is 483 g/mol. The highest BCUT2D eigenvalue weighted by atomic mass is 16.6. The second-order valence-corrected chi connectivity index (χ2v) is 8.28. The third kappa shape index (κ3) is 4.31. The van der Waals surface area contributed by atoms with E-state index in [0.29, 0.717) is 12.2 Å². The smallest absolute Gasteiger partial charge is 0.271 e.